The molecule has 1 aliphatic rings. The Morgan fingerprint density at radius 1 is 0.900 bits per heavy atom. The summed E-state index contributed by atoms with van der Waals surface area (Å²) < 4.78 is 0. The Morgan fingerprint density at radius 3 is 1.73 bits per heavy atom. The van der Waals surface area contributed by atoms with Gasteiger partial charge in [-0.1, -0.05) is 41.5 Å². The summed E-state index contributed by atoms with van der Waals surface area (Å²) >= 11 is 0. The molecule has 2 amide bonds. The Hall–Kier alpha value is -1.58. The molecule has 0 aliphatic carbocycles. The maximum absolute atomic E-state index is 10.3. The van der Waals surface area contributed by atoms with E-state index in [-0.39, 0.29) is 1.43 Å². The van der Waals surface area contributed by atoms with Gasteiger partial charge in [0.15, 0.2) is 0 Å². The molecule has 0 saturated carbocycles. The van der Waals surface area contributed by atoms with Crippen LogP contribution in [0.2, 0.25) is 0 Å². The minimum Gasteiger partial charge on any atom is -0.465 e. The Labute approximate surface area is 187 Å². The van der Waals surface area contributed by atoms with Crippen LogP contribution in [0.25, 0.3) is 0 Å². The van der Waals surface area contributed by atoms with Gasteiger partial charge in [-0.3, -0.25) is 4.90 Å². The molecule has 0 aromatic carbocycles. The predicted molar refractivity (Wildman–Crippen MR) is 130 cm³/mol. The molecule has 0 radical (unpaired) electrons. The van der Waals surface area contributed by atoms with Crippen molar-refractivity contribution in [2.24, 2.45) is 0 Å². The third kappa shape index (κ3) is 28.6. The maximum atomic E-state index is 10.3. The summed E-state index contributed by atoms with van der Waals surface area (Å²) in [6, 6.07) is 0. The van der Waals surface area contributed by atoms with Crippen LogP contribution in [-0.2, 0) is 0 Å². The number of hydrogen-bond acceptors (Lipinski definition) is 5. The monoisotopic (exact) mass is 439 g/mol. The lowest BCUT2D eigenvalue weighted by atomic mass is 10.3. The number of amides is 2. The van der Waals surface area contributed by atoms with Crippen molar-refractivity contribution < 1.29 is 21.2 Å². The summed E-state index contributed by atoms with van der Waals surface area (Å²) in [6.07, 6.45) is -0.909. The normalized spacial score (nSPS) is 13.0. The fraction of sp³-hybridized carbons (Fsp3) is 0.905. The van der Waals surface area contributed by atoms with Crippen molar-refractivity contribution in [1.82, 2.24) is 24.9 Å². The highest BCUT2D eigenvalue weighted by Crippen LogP contribution is 1.97. The molecule has 30 heavy (non-hydrogen) atoms. The van der Waals surface area contributed by atoms with Crippen LogP contribution in [0.15, 0.2) is 0 Å². The second-order valence-electron chi connectivity index (χ2n) is 6.24. The van der Waals surface area contributed by atoms with Crippen LogP contribution >= 0.6 is 0 Å². The number of nitrogens with one attached hydrogen (secondary N) is 1. The molecule has 1 fully saturated rings. The van der Waals surface area contributed by atoms with E-state index >= 15 is 0 Å². The minimum absolute atomic E-state index is 0. The van der Waals surface area contributed by atoms with E-state index in [1.807, 2.05) is 60.5 Å². The van der Waals surface area contributed by atoms with E-state index < -0.39 is 12.2 Å². The average Bonchev–Trinajstić information content (AvgIpc) is 2.74. The number of rotatable bonds is 7. The number of likely N-dealkylation sites (N-methyl/N-ethyl adjacent to an activating group) is 1. The molecule has 0 bridgehead atoms. The second kappa shape index (κ2) is 27.4. The summed E-state index contributed by atoms with van der Waals surface area (Å²) in [4.78, 5) is 28.3. The molecule has 0 unspecified atom stereocenters. The lowest BCUT2D eigenvalue weighted by Crippen LogP contribution is -2.46. The van der Waals surface area contributed by atoms with Crippen molar-refractivity contribution in [1.29, 1.82) is 0 Å². The van der Waals surface area contributed by atoms with Gasteiger partial charge in [-0.05, 0) is 34.1 Å². The van der Waals surface area contributed by atoms with Crippen LogP contribution in [0, 0.1) is 0 Å². The molecule has 0 aromatic heterocycles. The van der Waals surface area contributed by atoms with Crippen molar-refractivity contribution in [3.63, 3.8) is 0 Å². The number of piperazine rings is 1. The lowest BCUT2D eigenvalue weighted by molar-refractivity contribution is 0.152. The zero-order valence-corrected chi connectivity index (χ0v) is 21.4. The van der Waals surface area contributed by atoms with E-state index in [1.54, 1.807) is 7.05 Å². The van der Waals surface area contributed by atoms with Crippen LogP contribution in [0.1, 0.15) is 49.4 Å². The molecule has 0 atom stereocenters. The fourth-order valence-electron chi connectivity index (χ4n) is 2.11. The van der Waals surface area contributed by atoms with Gasteiger partial charge in [0.2, 0.25) is 0 Å². The largest absolute Gasteiger partial charge is 0.465 e. The standard InChI is InChI=1S/C8H17N3O2.C7H16N2O2.3C2H6.H2/c1-10-4-6-11(7-5-10)3-2-9-8(12)13;1-8(2)5-4-6-9(3)7(10)11;3*1-2;/h9H,2-7H2,1H3,(H,12,13);4-6H2,1-3H3,(H,10,11);3*1-2H3;1H. The minimum atomic E-state index is -0.936. The summed E-state index contributed by atoms with van der Waals surface area (Å²) in [5, 5.41) is 19.2. The average molecular weight is 440 g/mol. The first kappa shape index (κ1) is 35.8. The summed E-state index contributed by atoms with van der Waals surface area (Å²) in [5.74, 6) is 0. The Bertz CT molecular complexity index is 370. The molecule has 0 aromatic rings. The zero-order chi connectivity index (χ0) is 24.5. The molecule has 0 spiro atoms. The van der Waals surface area contributed by atoms with Gasteiger partial charge in [0, 0.05) is 54.3 Å². The quantitative estimate of drug-likeness (QED) is 0.559. The topological polar surface area (TPSA) is 99.6 Å². The number of carbonyl (C=O) groups is 2. The van der Waals surface area contributed by atoms with Crippen molar-refractivity contribution in [3.05, 3.63) is 0 Å². The second-order valence-corrected chi connectivity index (χ2v) is 6.24. The van der Waals surface area contributed by atoms with Crippen molar-refractivity contribution in [2.75, 3.05) is 80.5 Å². The van der Waals surface area contributed by atoms with Gasteiger partial charge < -0.3 is 30.2 Å². The fourth-order valence-corrected chi connectivity index (χ4v) is 2.11. The van der Waals surface area contributed by atoms with E-state index in [4.69, 9.17) is 10.2 Å². The summed E-state index contributed by atoms with van der Waals surface area (Å²) in [5.41, 5.74) is 0. The Balaban J connectivity index is -0.000000115. The van der Waals surface area contributed by atoms with Gasteiger partial charge in [0.1, 0.15) is 0 Å². The SMILES string of the molecule is CC.CC.CC.CN(C)CCCN(C)C(=O)O.CN1CCN(CCNC(=O)O)CC1.[HH]. The van der Waals surface area contributed by atoms with Gasteiger partial charge >= 0.3 is 12.2 Å². The van der Waals surface area contributed by atoms with Crippen LogP contribution in [-0.4, -0.2) is 123 Å². The highest BCUT2D eigenvalue weighted by atomic mass is 16.4. The molecule has 9 heteroatoms. The molecule has 1 rings (SSSR count). The van der Waals surface area contributed by atoms with Gasteiger partial charge in [-0.15, -0.1) is 0 Å². The van der Waals surface area contributed by atoms with Gasteiger partial charge in [-0.2, -0.15) is 0 Å². The van der Waals surface area contributed by atoms with E-state index in [9.17, 15) is 9.59 Å². The van der Waals surface area contributed by atoms with Crippen molar-refractivity contribution in [3.8, 4) is 0 Å². The number of carboxylic acid groups (broad SMARTS) is 2. The van der Waals surface area contributed by atoms with Crippen LogP contribution < -0.4 is 5.32 Å². The first-order chi connectivity index (χ1) is 14.2. The van der Waals surface area contributed by atoms with Gasteiger partial charge in [0.25, 0.3) is 0 Å². The highest BCUT2D eigenvalue weighted by Gasteiger charge is 2.12. The van der Waals surface area contributed by atoms with Crippen molar-refractivity contribution >= 4 is 12.2 Å². The molecular formula is C21H53N5O4. The number of hydrogen-bond donors (Lipinski definition) is 3. The van der Waals surface area contributed by atoms with Gasteiger partial charge in [-0.25, -0.2) is 9.59 Å². The maximum Gasteiger partial charge on any atom is 0.407 e. The summed E-state index contributed by atoms with van der Waals surface area (Å²) in [7, 11) is 7.63. The zero-order valence-electron chi connectivity index (χ0n) is 21.4. The highest BCUT2D eigenvalue weighted by molar-refractivity contribution is 5.64. The first-order valence-corrected chi connectivity index (χ1v) is 11.2. The van der Waals surface area contributed by atoms with E-state index in [0.29, 0.717) is 13.1 Å². The third-order valence-corrected chi connectivity index (χ3v) is 3.73. The molecule has 1 saturated heterocycles. The Kier molecular flexibility index (Phi) is 32.8. The Morgan fingerprint density at radius 2 is 1.37 bits per heavy atom. The number of nitrogens with zero attached hydrogens (tertiary/aromatic N) is 4. The molecule has 9 nitrogen and oxygen atoms in total. The van der Waals surface area contributed by atoms with E-state index in [1.165, 1.54) is 4.90 Å². The van der Waals surface area contributed by atoms with Crippen LogP contribution in [0.5, 0.6) is 0 Å². The molecule has 186 valence electrons. The predicted octanol–water partition coefficient (Wildman–Crippen LogP) is 3.37. The van der Waals surface area contributed by atoms with E-state index in [0.717, 1.165) is 45.7 Å². The first-order valence-electron chi connectivity index (χ1n) is 11.2. The molecular weight excluding hydrogens is 386 g/mol. The third-order valence-electron chi connectivity index (χ3n) is 3.73. The van der Waals surface area contributed by atoms with Gasteiger partial charge in [0.05, 0.1) is 0 Å². The molecule has 1 aliphatic heterocycles. The summed E-state index contributed by atoms with van der Waals surface area (Å²) in [6.45, 7) is 19.1. The smallest absolute Gasteiger partial charge is 0.407 e. The van der Waals surface area contributed by atoms with E-state index in [2.05, 4.69) is 22.2 Å². The molecule has 1 heterocycles. The lowest BCUT2D eigenvalue weighted by Gasteiger charge is -2.32. The molecule has 3 N–H and O–H groups in total. The van der Waals surface area contributed by atoms with Crippen molar-refractivity contribution in [2.45, 2.75) is 48.0 Å². The van der Waals surface area contributed by atoms with Crippen LogP contribution in [0.4, 0.5) is 9.59 Å². The van der Waals surface area contributed by atoms with Crippen LogP contribution in [0.3, 0.4) is 0 Å².